The number of carbonyl (C=O) groups excluding carboxylic acids is 1. The van der Waals surface area contributed by atoms with Crippen molar-refractivity contribution in [2.45, 2.75) is 26.7 Å². The molecule has 0 radical (unpaired) electrons. The molecule has 2 nitrogen and oxygen atoms in total. The molecule has 90 valence electrons. The van der Waals surface area contributed by atoms with Crippen molar-refractivity contribution in [3.63, 3.8) is 0 Å². The van der Waals surface area contributed by atoms with Crippen LogP contribution in [0.25, 0.3) is 0 Å². The first-order valence-corrected chi connectivity index (χ1v) is 7.65. The molecule has 1 rings (SSSR count). The van der Waals surface area contributed by atoms with Crippen LogP contribution in [0.15, 0.2) is 10.8 Å². The average Bonchev–Trinajstić information content (AvgIpc) is 2.69. The summed E-state index contributed by atoms with van der Waals surface area (Å²) in [7, 11) is 0. The van der Waals surface area contributed by atoms with Crippen molar-refractivity contribution in [2.75, 3.05) is 18.4 Å². The summed E-state index contributed by atoms with van der Waals surface area (Å²) < 4.78 is 0. The number of hydrogen-bond donors (Lipinski definition) is 0. The Labute approximate surface area is 110 Å². The molecule has 1 aromatic rings. The fourth-order valence-electron chi connectivity index (χ4n) is 1.52. The van der Waals surface area contributed by atoms with Gasteiger partial charge < -0.3 is 4.90 Å². The highest BCUT2D eigenvalue weighted by molar-refractivity contribution is 9.09. The normalized spacial score (nSPS) is 10.4. The lowest BCUT2D eigenvalue weighted by atomic mass is 10.2. The van der Waals surface area contributed by atoms with Gasteiger partial charge in [-0.15, -0.1) is 0 Å². The molecule has 0 aliphatic carbocycles. The van der Waals surface area contributed by atoms with Crippen molar-refractivity contribution in [1.29, 1.82) is 0 Å². The first-order valence-electron chi connectivity index (χ1n) is 5.58. The second kappa shape index (κ2) is 7.07. The van der Waals surface area contributed by atoms with Crippen molar-refractivity contribution < 1.29 is 4.79 Å². The minimum atomic E-state index is 0.173. The van der Waals surface area contributed by atoms with E-state index in [0.29, 0.717) is 0 Å². The zero-order valence-corrected chi connectivity index (χ0v) is 12.2. The minimum absolute atomic E-state index is 0.173. The van der Waals surface area contributed by atoms with E-state index in [9.17, 15) is 4.79 Å². The lowest BCUT2D eigenvalue weighted by molar-refractivity contribution is 0.0764. The topological polar surface area (TPSA) is 20.3 Å². The van der Waals surface area contributed by atoms with Gasteiger partial charge in [-0.1, -0.05) is 29.3 Å². The van der Waals surface area contributed by atoms with E-state index < -0.39 is 0 Å². The zero-order valence-electron chi connectivity index (χ0n) is 9.83. The molecule has 0 atom stereocenters. The van der Waals surface area contributed by atoms with Crippen LogP contribution in [0.3, 0.4) is 0 Å². The Kier molecular flexibility index (Phi) is 6.06. The summed E-state index contributed by atoms with van der Waals surface area (Å²) in [6.07, 6.45) is 2.19. The molecule has 0 aliphatic heterocycles. The van der Waals surface area contributed by atoms with E-state index >= 15 is 0 Å². The molecule has 0 N–H and O–H groups in total. The van der Waals surface area contributed by atoms with Crippen molar-refractivity contribution in [2.24, 2.45) is 0 Å². The number of alkyl halides is 1. The molecule has 0 saturated heterocycles. The van der Waals surface area contributed by atoms with Crippen LogP contribution in [0.1, 0.15) is 35.7 Å². The summed E-state index contributed by atoms with van der Waals surface area (Å²) in [6, 6.07) is 0. The molecule has 4 heteroatoms. The molecular weight excluding hydrogens is 286 g/mol. The molecule has 0 spiro atoms. The molecule has 0 unspecified atom stereocenters. The first-order chi connectivity index (χ1) is 7.70. The maximum Gasteiger partial charge on any atom is 0.254 e. The third-order valence-electron chi connectivity index (χ3n) is 2.51. The number of nitrogens with zero attached hydrogens (tertiary/aromatic N) is 1. The smallest absolute Gasteiger partial charge is 0.254 e. The van der Waals surface area contributed by atoms with E-state index in [1.165, 1.54) is 0 Å². The molecule has 0 aliphatic rings. The number of amides is 1. The van der Waals surface area contributed by atoms with E-state index in [1.54, 1.807) is 11.3 Å². The number of thiophene rings is 1. The van der Waals surface area contributed by atoms with Gasteiger partial charge in [-0.25, -0.2) is 0 Å². The lowest BCUT2D eigenvalue weighted by Crippen LogP contribution is -2.33. The SMILES string of the molecule is CCCCN(CCBr)C(=O)c1cscc1C. The number of hydrogen-bond acceptors (Lipinski definition) is 2. The van der Waals surface area contributed by atoms with Gasteiger partial charge in [0.05, 0.1) is 5.56 Å². The summed E-state index contributed by atoms with van der Waals surface area (Å²) in [6.45, 7) is 5.78. The molecule has 0 saturated carbocycles. The zero-order chi connectivity index (χ0) is 12.0. The number of carbonyl (C=O) groups is 1. The van der Waals surface area contributed by atoms with E-state index in [4.69, 9.17) is 0 Å². The molecular formula is C12H18BrNOS. The third kappa shape index (κ3) is 3.59. The Morgan fingerprint density at radius 1 is 1.44 bits per heavy atom. The van der Waals surface area contributed by atoms with E-state index in [2.05, 4.69) is 22.9 Å². The van der Waals surface area contributed by atoms with E-state index in [-0.39, 0.29) is 5.91 Å². The van der Waals surface area contributed by atoms with Crippen LogP contribution in [0.4, 0.5) is 0 Å². The van der Waals surface area contributed by atoms with Crippen LogP contribution < -0.4 is 0 Å². The van der Waals surface area contributed by atoms with Gasteiger partial charge in [0.1, 0.15) is 0 Å². The molecule has 1 amide bonds. The number of unbranched alkanes of at least 4 members (excludes halogenated alkanes) is 1. The van der Waals surface area contributed by atoms with Gasteiger partial charge in [0, 0.05) is 23.8 Å². The predicted molar refractivity (Wildman–Crippen MR) is 73.7 cm³/mol. The van der Waals surface area contributed by atoms with Crippen molar-refractivity contribution in [1.82, 2.24) is 4.90 Å². The molecule has 0 fully saturated rings. The predicted octanol–water partition coefficient (Wildman–Crippen LogP) is 3.69. The van der Waals surface area contributed by atoms with Gasteiger partial charge in [0.15, 0.2) is 0 Å². The first kappa shape index (κ1) is 13.7. The Bertz CT molecular complexity index is 338. The van der Waals surface area contributed by atoms with Gasteiger partial charge in [-0.05, 0) is 24.3 Å². The van der Waals surface area contributed by atoms with Crippen LogP contribution in [-0.4, -0.2) is 29.2 Å². The van der Waals surface area contributed by atoms with Crippen LogP contribution in [0.2, 0.25) is 0 Å². The van der Waals surface area contributed by atoms with Crippen LogP contribution in [0.5, 0.6) is 0 Å². The molecule has 1 heterocycles. The van der Waals surface area contributed by atoms with Crippen molar-refractivity contribution in [3.8, 4) is 0 Å². The molecule has 0 aromatic carbocycles. The van der Waals surface area contributed by atoms with Crippen molar-refractivity contribution >= 4 is 33.2 Å². The number of halogens is 1. The van der Waals surface area contributed by atoms with Crippen LogP contribution in [-0.2, 0) is 0 Å². The quantitative estimate of drug-likeness (QED) is 0.734. The average molecular weight is 304 g/mol. The fraction of sp³-hybridized carbons (Fsp3) is 0.583. The van der Waals surface area contributed by atoms with E-state index in [0.717, 1.165) is 42.4 Å². The minimum Gasteiger partial charge on any atom is -0.338 e. The van der Waals surface area contributed by atoms with Gasteiger partial charge in [-0.3, -0.25) is 4.79 Å². The monoisotopic (exact) mass is 303 g/mol. The molecule has 1 aromatic heterocycles. The summed E-state index contributed by atoms with van der Waals surface area (Å²) >= 11 is 5.00. The summed E-state index contributed by atoms with van der Waals surface area (Å²) in [4.78, 5) is 14.2. The van der Waals surface area contributed by atoms with Crippen LogP contribution in [0, 0.1) is 6.92 Å². The van der Waals surface area contributed by atoms with E-state index in [1.807, 2.05) is 22.6 Å². The summed E-state index contributed by atoms with van der Waals surface area (Å²) in [5.74, 6) is 0.173. The molecule has 16 heavy (non-hydrogen) atoms. The van der Waals surface area contributed by atoms with Gasteiger partial charge in [0.25, 0.3) is 5.91 Å². The number of rotatable bonds is 6. The number of aryl methyl sites for hydroxylation is 1. The summed E-state index contributed by atoms with van der Waals surface area (Å²) in [5, 5.41) is 4.82. The maximum atomic E-state index is 12.2. The third-order valence-corrected chi connectivity index (χ3v) is 3.73. The van der Waals surface area contributed by atoms with Gasteiger partial charge >= 0.3 is 0 Å². The Hall–Kier alpha value is -0.350. The Balaban J connectivity index is 2.70. The van der Waals surface area contributed by atoms with Gasteiger partial charge in [-0.2, -0.15) is 11.3 Å². The highest BCUT2D eigenvalue weighted by Crippen LogP contribution is 2.16. The van der Waals surface area contributed by atoms with Gasteiger partial charge in [0.2, 0.25) is 0 Å². The van der Waals surface area contributed by atoms with Crippen molar-refractivity contribution in [3.05, 3.63) is 21.9 Å². The standard InChI is InChI=1S/C12H18BrNOS/c1-3-4-6-14(7-5-13)12(15)11-9-16-8-10(11)2/h8-9H,3-7H2,1-2H3. The second-order valence-electron chi connectivity index (χ2n) is 3.80. The molecule has 0 bridgehead atoms. The highest BCUT2D eigenvalue weighted by Gasteiger charge is 2.16. The maximum absolute atomic E-state index is 12.2. The Morgan fingerprint density at radius 3 is 2.69 bits per heavy atom. The lowest BCUT2D eigenvalue weighted by Gasteiger charge is -2.21. The van der Waals surface area contributed by atoms with Crippen LogP contribution >= 0.6 is 27.3 Å². The summed E-state index contributed by atoms with van der Waals surface area (Å²) in [5.41, 5.74) is 1.95. The fourth-order valence-corrected chi connectivity index (χ4v) is 2.77. The highest BCUT2D eigenvalue weighted by atomic mass is 79.9. The second-order valence-corrected chi connectivity index (χ2v) is 5.34. The largest absolute Gasteiger partial charge is 0.338 e. The Morgan fingerprint density at radius 2 is 2.19 bits per heavy atom.